The number of H-pyrrole nitrogens is 1. The minimum atomic E-state index is -0.463. The predicted octanol–water partition coefficient (Wildman–Crippen LogP) is 4.95. The molecule has 4 heteroatoms. The highest BCUT2D eigenvalue weighted by molar-refractivity contribution is 5.95. The van der Waals surface area contributed by atoms with Gasteiger partial charge in [0, 0.05) is 0 Å². The lowest BCUT2D eigenvalue weighted by Gasteiger charge is -2.12. The number of fused-ring (bicyclic) bond motifs is 3. The number of benzene rings is 3. The molecule has 1 N–H and O–H groups in total. The van der Waals surface area contributed by atoms with Gasteiger partial charge >= 0.3 is 5.76 Å². The molecule has 1 aromatic heterocycles. The maximum Gasteiger partial charge on any atom is 0.417 e. The van der Waals surface area contributed by atoms with Crippen LogP contribution in [0.2, 0.25) is 0 Å². The molecular formula is C23H16FNO2. The summed E-state index contributed by atoms with van der Waals surface area (Å²) in [6.45, 7) is 0. The fourth-order valence-corrected chi connectivity index (χ4v) is 3.83. The molecule has 1 aliphatic rings. The summed E-state index contributed by atoms with van der Waals surface area (Å²) in [5.41, 5.74) is 7.66. The van der Waals surface area contributed by atoms with Gasteiger partial charge < -0.3 is 4.42 Å². The second kappa shape index (κ2) is 6.09. The molecule has 27 heavy (non-hydrogen) atoms. The van der Waals surface area contributed by atoms with E-state index in [2.05, 4.69) is 23.2 Å². The summed E-state index contributed by atoms with van der Waals surface area (Å²) in [6.07, 6.45) is 3.76. The quantitative estimate of drug-likeness (QED) is 0.524. The second-order valence-corrected chi connectivity index (χ2v) is 6.79. The van der Waals surface area contributed by atoms with E-state index in [0.717, 1.165) is 40.7 Å². The molecule has 1 heterocycles. The Morgan fingerprint density at radius 2 is 1.74 bits per heavy atom. The summed E-state index contributed by atoms with van der Waals surface area (Å²) < 4.78 is 18.9. The van der Waals surface area contributed by atoms with Crippen molar-refractivity contribution < 1.29 is 8.81 Å². The molecule has 0 unspecified atom stereocenters. The fourth-order valence-electron chi connectivity index (χ4n) is 3.83. The van der Waals surface area contributed by atoms with Crippen LogP contribution in [0.25, 0.3) is 22.7 Å². The standard InChI is InChI=1S/C23H16FNO2/c24-17-8-9-19-16(13-17)7-6-15-3-1-2-4-18(15)20(19)11-14-5-10-22-21(12-14)25-23(26)27-22/h1-5,8-13H,6-7H2,(H,25,26)/b20-11-. The van der Waals surface area contributed by atoms with Gasteiger partial charge in [0.2, 0.25) is 0 Å². The number of nitrogens with one attached hydrogen (secondary N) is 1. The fraction of sp³-hybridized carbons (Fsp3) is 0.0870. The minimum absolute atomic E-state index is 0.212. The van der Waals surface area contributed by atoms with E-state index in [-0.39, 0.29) is 5.82 Å². The maximum atomic E-state index is 13.8. The van der Waals surface area contributed by atoms with Crippen LogP contribution >= 0.6 is 0 Å². The van der Waals surface area contributed by atoms with Crippen molar-refractivity contribution in [1.82, 2.24) is 4.98 Å². The number of hydrogen-bond acceptors (Lipinski definition) is 2. The van der Waals surface area contributed by atoms with Crippen LogP contribution < -0.4 is 5.76 Å². The Kier molecular flexibility index (Phi) is 3.57. The van der Waals surface area contributed by atoms with Crippen LogP contribution in [0.4, 0.5) is 4.39 Å². The molecule has 0 saturated heterocycles. The van der Waals surface area contributed by atoms with E-state index in [1.165, 1.54) is 11.6 Å². The molecule has 0 radical (unpaired) electrons. The summed E-state index contributed by atoms with van der Waals surface area (Å²) >= 11 is 0. The number of aromatic amines is 1. The number of aromatic nitrogens is 1. The minimum Gasteiger partial charge on any atom is -0.408 e. The van der Waals surface area contributed by atoms with Crippen LogP contribution in [0.3, 0.4) is 0 Å². The highest BCUT2D eigenvalue weighted by atomic mass is 19.1. The van der Waals surface area contributed by atoms with Crippen molar-refractivity contribution in [3.8, 4) is 0 Å². The van der Waals surface area contributed by atoms with Crippen molar-refractivity contribution in [1.29, 1.82) is 0 Å². The van der Waals surface area contributed by atoms with E-state index in [1.807, 2.05) is 30.3 Å². The zero-order valence-corrected chi connectivity index (χ0v) is 14.5. The molecule has 4 aromatic rings. The Morgan fingerprint density at radius 3 is 2.67 bits per heavy atom. The number of hydrogen-bond donors (Lipinski definition) is 1. The van der Waals surface area contributed by atoms with Gasteiger partial charge in [-0.2, -0.15) is 0 Å². The van der Waals surface area contributed by atoms with Crippen LogP contribution in [-0.2, 0) is 12.8 Å². The molecule has 0 saturated carbocycles. The van der Waals surface area contributed by atoms with Gasteiger partial charge in [-0.1, -0.05) is 36.4 Å². The molecule has 0 amide bonds. The predicted molar refractivity (Wildman–Crippen MR) is 104 cm³/mol. The highest BCUT2D eigenvalue weighted by Gasteiger charge is 2.18. The second-order valence-electron chi connectivity index (χ2n) is 6.79. The van der Waals surface area contributed by atoms with Gasteiger partial charge in [0.1, 0.15) is 5.82 Å². The van der Waals surface area contributed by atoms with E-state index < -0.39 is 5.76 Å². The summed E-state index contributed by atoms with van der Waals surface area (Å²) in [6, 6.07) is 18.9. The highest BCUT2D eigenvalue weighted by Crippen LogP contribution is 2.35. The molecule has 0 aliphatic heterocycles. The smallest absolute Gasteiger partial charge is 0.408 e. The van der Waals surface area contributed by atoms with E-state index in [9.17, 15) is 9.18 Å². The Bertz CT molecular complexity index is 1260. The van der Waals surface area contributed by atoms with Crippen LogP contribution in [0.15, 0.2) is 69.9 Å². The molecule has 0 atom stereocenters. The van der Waals surface area contributed by atoms with Crippen LogP contribution in [0.5, 0.6) is 0 Å². The molecule has 0 bridgehead atoms. The third-order valence-corrected chi connectivity index (χ3v) is 5.08. The van der Waals surface area contributed by atoms with Crippen molar-refractivity contribution in [3.63, 3.8) is 0 Å². The third kappa shape index (κ3) is 2.79. The van der Waals surface area contributed by atoms with E-state index >= 15 is 0 Å². The SMILES string of the molecule is O=c1[nH]c2cc(/C=C3/c4ccccc4CCc4cc(F)ccc43)ccc2o1. The van der Waals surface area contributed by atoms with Crippen molar-refractivity contribution >= 4 is 22.7 Å². The third-order valence-electron chi connectivity index (χ3n) is 5.08. The molecule has 0 spiro atoms. The van der Waals surface area contributed by atoms with Crippen molar-refractivity contribution in [2.45, 2.75) is 12.8 Å². The van der Waals surface area contributed by atoms with Gasteiger partial charge in [-0.05, 0) is 76.6 Å². The monoisotopic (exact) mass is 357 g/mol. The molecule has 132 valence electrons. The first kappa shape index (κ1) is 15.8. The number of oxazole rings is 1. The van der Waals surface area contributed by atoms with Crippen molar-refractivity contribution in [2.24, 2.45) is 0 Å². The van der Waals surface area contributed by atoms with Crippen molar-refractivity contribution in [3.05, 3.63) is 105 Å². The zero-order valence-electron chi connectivity index (χ0n) is 14.5. The summed E-state index contributed by atoms with van der Waals surface area (Å²) in [5, 5.41) is 0. The zero-order chi connectivity index (χ0) is 18.4. The van der Waals surface area contributed by atoms with Crippen LogP contribution in [0, 0.1) is 5.82 Å². The normalized spacial score (nSPS) is 14.8. The van der Waals surface area contributed by atoms with Gasteiger partial charge in [0.25, 0.3) is 0 Å². The number of rotatable bonds is 1. The lowest BCUT2D eigenvalue weighted by atomic mass is 9.92. The Labute approximate surface area is 154 Å². The molecule has 0 fully saturated rings. The topological polar surface area (TPSA) is 46.0 Å². The molecule has 1 aliphatic carbocycles. The first-order chi connectivity index (χ1) is 13.2. The summed E-state index contributed by atoms with van der Waals surface area (Å²) in [4.78, 5) is 14.1. The Morgan fingerprint density at radius 1 is 0.926 bits per heavy atom. The molecular weight excluding hydrogens is 341 g/mol. The van der Waals surface area contributed by atoms with Gasteiger partial charge in [-0.25, -0.2) is 9.18 Å². The van der Waals surface area contributed by atoms with Crippen LogP contribution in [0.1, 0.15) is 27.8 Å². The van der Waals surface area contributed by atoms with Gasteiger partial charge in [-0.3, -0.25) is 4.98 Å². The van der Waals surface area contributed by atoms with Gasteiger partial charge in [0.15, 0.2) is 5.58 Å². The maximum absolute atomic E-state index is 13.8. The Balaban J connectivity index is 1.75. The van der Waals surface area contributed by atoms with Crippen LogP contribution in [-0.4, -0.2) is 4.98 Å². The average molecular weight is 357 g/mol. The number of halogens is 1. The summed E-state index contributed by atoms with van der Waals surface area (Å²) in [7, 11) is 0. The van der Waals surface area contributed by atoms with E-state index in [4.69, 9.17) is 4.42 Å². The Hall–Kier alpha value is -3.40. The first-order valence-electron chi connectivity index (χ1n) is 8.89. The lowest BCUT2D eigenvalue weighted by molar-refractivity contribution is 0.555. The first-order valence-corrected chi connectivity index (χ1v) is 8.89. The van der Waals surface area contributed by atoms with Gasteiger partial charge in [0.05, 0.1) is 5.52 Å². The lowest BCUT2D eigenvalue weighted by Crippen LogP contribution is -1.94. The molecule has 3 nitrogen and oxygen atoms in total. The average Bonchev–Trinajstić information content (AvgIpc) is 2.97. The molecule has 3 aromatic carbocycles. The van der Waals surface area contributed by atoms with Crippen molar-refractivity contribution in [2.75, 3.05) is 0 Å². The van der Waals surface area contributed by atoms with Gasteiger partial charge in [-0.15, -0.1) is 0 Å². The summed E-state index contributed by atoms with van der Waals surface area (Å²) in [5.74, 6) is -0.674. The largest absolute Gasteiger partial charge is 0.417 e. The number of aryl methyl sites for hydroxylation is 2. The molecule has 5 rings (SSSR count). The van der Waals surface area contributed by atoms with E-state index in [1.54, 1.807) is 12.1 Å². The van der Waals surface area contributed by atoms with E-state index in [0.29, 0.717) is 11.1 Å².